The largest absolute Gasteiger partial charge is 0.507 e. The fraction of sp³-hybridized carbons (Fsp3) is 0.125. The van der Waals surface area contributed by atoms with Crippen LogP contribution in [0, 0.1) is 0 Å². The number of hydrogen-bond acceptors (Lipinski definition) is 7. The lowest BCUT2D eigenvalue weighted by Crippen LogP contribution is -2.30. The monoisotopic (exact) mass is 316 g/mol. The first-order chi connectivity index (χ1) is 10.8. The summed E-state index contributed by atoms with van der Waals surface area (Å²) >= 11 is 0. The number of carbonyl (C=O) groups excluding carboxylic acids is 2. The Morgan fingerprint density at radius 2 is 1.52 bits per heavy atom. The van der Waals surface area contributed by atoms with E-state index in [1.165, 1.54) is 12.1 Å². The zero-order chi connectivity index (χ0) is 16.9. The van der Waals surface area contributed by atoms with Crippen LogP contribution in [-0.4, -0.2) is 37.1 Å². The highest BCUT2D eigenvalue weighted by Gasteiger charge is 2.39. The maximum Gasteiger partial charge on any atom is 0.233 e. The highest BCUT2D eigenvalue weighted by Crippen LogP contribution is 2.44. The summed E-state index contributed by atoms with van der Waals surface area (Å²) in [6, 6.07) is 4.50. The summed E-state index contributed by atoms with van der Waals surface area (Å²) in [5.41, 5.74) is -0.0965. The van der Waals surface area contributed by atoms with Gasteiger partial charge in [0.2, 0.25) is 11.6 Å². The van der Waals surface area contributed by atoms with E-state index in [0.717, 1.165) is 12.1 Å². The van der Waals surface area contributed by atoms with Gasteiger partial charge in [0.1, 0.15) is 5.75 Å². The first-order valence-corrected chi connectivity index (χ1v) is 6.68. The average molecular weight is 316 g/mol. The van der Waals surface area contributed by atoms with Gasteiger partial charge in [0.05, 0.1) is 11.5 Å². The van der Waals surface area contributed by atoms with Gasteiger partial charge < -0.3 is 25.5 Å². The highest BCUT2D eigenvalue weighted by atomic mass is 16.3. The van der Waals surface area contributed by atoms with E-state index in [4.69, 9.17) is 0 Å². The molecule has 0 aromatic heterocycles. The van der Waals surface area contributed by atoms with E-state index in [-0.39, 0.29) is 28.9 Å². The van der Waals surface area contributed by atoms with Crippen LogP contribution in [0.4, 0.5) is 0 Å². The zero-order valence-corrected chi connectivity index (χ0v) is 11.6. The standard InChI is InChI=1S/C16H12O7/c17-9-2-1-6(3-10(9)18)7-4-8-13(16(23)15(7)22)11(19)5-12(20)14(8)21/h1-3,5,7,17-21H,4H2. The van der Waals surface area contributed by atoms with Crippen LogP contribution < -0.4 is 0 Å². The van der Waals surface area contributed by atoms with Crippen molar-refractivity contribution in [1.82, 2.24) is 0 Å². The van der Waals surface area contributed by atoms with Gasteiger partial charge >= 0.3 is 0 Å². The summed E-state index contributed by atoms with van der Waals surface area (Å²) in [5.74, 6) is -5.39. The summed E-state index contributed by atoms with van der Waals surface area (Å²) in [7, 11) is 0. The van der Waals surface area contributed by atoms with Crippen molar-refractivity contribution < 1.29 is 35.1 Å². The predicted molar refractivity (Wildman–Crippen MR) is 77.0 cm³/mol. The third-order valence-electron chi connectivity index (χ3n) is 3.94. The number of fused-ring (bicyclic) bond motifs is 1. The quantitative estimate of drug-likeness (QED) is 0.304. The van der Waals surface area contributed by atoms with Gasteiger partial charge in [-0.05, 0) is 24.1 Å². The first kappa shape index (κ1) is 14.7. The van der Waals surface area contributed by atoms with Crippen molar-refractivity contribution in [2.45, 2.75) is 12.3 Å². The summed E-state index contributed by atoms with van der Waals surface area (Å²) in [6.45, 7) is 0. The molecule has 5 N–H and O–H groups in total. The molecule has 0 saturated heterocycles. The van der Waals surface area contributed by atoms with Crippen molar-refractivity contribution in [2.75, 3.05) is 0 Å². The fourth-order valence-corrected chi connectivity index (χ4v) is 2.75. The molecule has 0 bridgehead atoms. The average Bonchev–Trinajstić information content (AvgIpc) is 2.50. The van der Waals surface area contributed by atoms with E-state index in [1.807, 2.05) is 0 Å². The Kier molecular flexibility index (Phi) is 3.14. The lowest BCUT2D eigenvalue weighted by Gasteiger charge is -2.24. The maximum absolute atomic E-state index is 12.3. The zero-order valence-electron chi connectivity index (χ0n) is 11.6. The molecule has 0 heterocycles. The number of Topliss-reactive ketones (excluding diaryl/α,β-unsaturated/α-hetero) is 2. The second kappa shape index (κ2) is 4.91. The van der Waals surface area contributed by atoms with Crippen molar-refractivity contribution in [1.29, 1.82) is 0 Å². The first-order valence-electron chi connectivity index (χ1n) is 6.68. The molecule has 118 valence electrons. The molecule has 7 heteroatoms. The predicted octanol–water partition coefficient (Wildman–Crippen LogP) is 1.31. The van der Waals surface area contributed by atoms with Crippen LogP contribution in [0.3, 0.4) is 0 Å². The van der Waals surface area contributed by atoms with Crippen molar-refractivity contribution in [3.63, 3.8) is 0 Å². The molecule has 1 aliphatic carbocycles. The van der Waals surface area contributed by atoms with Gasteiger partial charge in [0, 0.05) is 11.6 Å². The third-order valence-corrected chi connectivity index (χ3v) is 3.94. The van der Waals surface area contributed by atoms with E-state index in [0.29, 0.717) is 0 Å². The molecule has 0 spiro atoms. The van der Waals surface area contributed by atoms with Crippen LogP contribution >= 0.6 is 0 Å². The lowest BCUT2D eigenvalue weighted by molar-refractivity contribution is -0.116. The summed E-state index contributed by atoms with van der Waals surface area (Å²) in [4.78, 5) is 24.5. The van der Waals surface area contributed by atoms with E-state index >= 15 is 0 Å². The molecule has 3 rings (SSSR count). The molecule has 1 atom stereocenters. The number of ketones is 2. The number of phenols is 5. The van der Waals surface area contributed by atoms with Gasteiger partial charge in [-0.15, -0.1) is 0 Å². The summed E-state index contributed by atoms with van der Waals surface area (Å²) < 4.78 is 0. The Bertz CT molecular complexity index is 854. The number of benzene rings is 2. The van der Waals surface area contributed by atoms with Crippen molar-refractivity contribution >= 4 is 11.6 Å². The minimum atomic E-state index is -1.01. The molecular formula is C16H12O7. The van der Waals surface area contributed by atoms with Gasteiger partial charge in [-0.2, -0.15) is 0 Å². The Morgan fingerprint density at radius 3 is 2.17 bits per heavy atom. The normalized spacial score (nSPS) is 17.1. The van der Waals surface area contributed by atoms with E-state index in [9.17, 15) is 35.1 Å². The number of aromatic hydroxyl groups is 5. The third kappa shape index (κ3) is 2.13. The highest BCUT2D eigenvalue weighted by molar-refractivity contribution is 6.47. The molecule has 1 aliphatic rings. The second-order valence-electron chi connectivity index (χ2n) is 5.32. The van der Waals surface area contributed by atoms with E-state index in [2.05, 4.69) is 0 Å². The smallest absolute Gasteiger partial charge is 0.233 e. The molecule has 0 fully saturated rings. The van der Waals surface area contributed by atoms with Crippen molar-refractivity contribution in [2.24, 2.45) is 0 Å². The van der Waals surface area contributed by atoms with E-state index < -0.39 is 40.5 Å². The molecule has 0 amide bonds. The Hall–Kier alpha value is -3.22. The molecule has 0 radical (unpaired) electrons. The molecule has 23 heavy (non-hydrogen) atoms. The molecule has 0 saturated carbocycles. The van der Waals surface area contributed by atoms with Crippen LogP contribution in [0.15, 0.2) is 24.3 Å². The van der Waals surface area contributed by atoms with Crippen LogP contribution in [-0.2, 0) is 11.2 Å². The van der Waals surface area contributed by atoms with E-state index in [1.54, 1.807) is 0 Å². The number of rotatable bonds is 1. The minimum absolute atomic E-state index is 0.0373. The van der Waals surface area contributed by atoms with Crippen molar-refractivity contribution in [3.05, 3.63) is 41.0 Å². The fourth-order valence-electron chi connectivity index (χ4n) is 2.75. The van der Waals surface area contributed by atoms with Crippen molar-refractivity contribution in [3.8, 4) is 28.7 Å². The van der Waals surface area contributed by atoms with Gasteiger partial charge in [0.15, 0.2) is 23.0 Å². The Labute approximate surface area is 129 Å². The Balaban J connectivity index is 2.16. The van der Waals surface area contributed by atoms with Gasteiger partial charge in [-0.25, -0.2) is 0 Å². The summed E-state index contributed by atoms with van der Waals surface area (Å²) in [5, 5.41) is 48.1. The molecule has 0 aliphatic heterocycles. The molecule has 2 aromatic rings. The Morgan fingerprint density at radius 1 is 0.826 bits per heavy atom. The van der Waals surface area contributed by atoms with Crippen LogP contribution in [0.25, 0.3) is 0 Å². The molecule has 7 nitrogen and oxygen atoms in total. The van der Waals surface area contributed by atoms with Gasteiger partial charge in [-0.3, -0.25) is 9.59 Å². The van der Waals surface area contributed by atoms with Gasteiger partial charge in [-0.1, -0.05) is 6.07 Å². The number of phenolic OH excluding ortho intramolecular Hbond substituents is 5. The maximum atomic E-state index is 12.3. The minimum Gasteiger partial charge on any atom is -0.507 e. The van der Waals surface area contributed by atoms with Gasteiger partial charge in [0.25, 0.3) is 0 Å². The topological polar surface area (TPSA) is 135 Å². The molecule has 1 unspecified atom stereocenters. The number of hydrogen-bond donors (Lipinski definition) is 5. The SMILES string of the molecule is O=C1C(=O)C(c2ccc(O)c(O)c2)Cc2c(O)c(O)cc(O)c21. The van der Waals surface area contributed by atoms with Crippen LogP contribution in [0.5, 0.6) is 28.7 Å². The molecular weight excluding hydrogens is 304 g/mol. The second-order valence-corrected chi connectivity index (χ2v) is 5.32. The molecule has 2 aromatic carbocycles. The summed E-state index contributed by atoms with van der Waals surface area (Å²) in [6.07, 6.45) is -0.141. The van der Waals surface area contributed by atoms with Crippen LogP contribution in [0.2, 0.25) is 0 Å². The lowest BCUT2D eigenvalue weighted by atomic mass is 9.77. The van der Waals surface area contributed by atoms with Crippen LogP contribution in [0.1, 0.15) is 27.4 Å². The number of carbonyl (C=O) groups is 2.